The lowest BCUT2D eigenvalue weighted by Gasteiger charge is -2.31. The quantitative estimate of drug-likeness (QED) is 0.529. The molecule has 1 aliphatic heterocycles. The number of nitrogens with zero attached hydrogens (tertiary/aromatic N) is 1. The average Bonchev–Trinajstić information content (AvgIpc) is 3.10. The summed E-state index contributed by atoms with van der Waals surface area (Å²) < 4.78 is 25.7. The second-order valence-corrected chi connectivity index (χ2v) is 8.01. The van der Waals surface area contributed by atoms with Crippen LogP contribution in [0.3, 0.4) is 0 Å². The molecule has 0 aromatic heterocycles. The van der Waals surface area contributed by atoms with Gasteiger partial charge in [-0.2, -0.15) is 0 Å². The molecule has 1 fully saturated rings. The molecule has 1 N–H and O–H groups in total. The monoisotopic (exact) mass is 434 g/mol. The Bertz CT molecular complexity index is 971. The van der Waals surface area contributed by atoms with E-state index >= 15 is 0 Å². The van der Waals surface area contributed by atoms with Gasteiger partial charge in [0.1, 0.15) is 12.4 Å². The third-order valence-electron chi connectivity index (χ3n) is 5.75. The Morgan fingerprint density at radius 1 is 0.875 bits per heavy atom. The van der Waals surface area contributed by atoms with Crippen LogP contribution in [0.4, 0.5) is 4.39 Å². The molecule has 32 heavy (non-hydrogen) atoms. The SMILES string of the molecule is CCOc1cc(C(c2ccc(F)cc2)N2CCCNCC2)ccc1OCc1ccccc1. The van der Waals surface area contributed by atoms with Crippen molar-refractivity contribution in [3.63, 3.8) is 0 Å². The van der Waals surface area contributed by atoms with Crippen molar-refractivity contribution in [2.75, 3.05) is 32.8 Å². The van der Waals surface area contributed by atoms with Crippen molar-refractivity contribution < 1.29 is 13.9 Å². The van der Waals surface area contributed by atoms with E-state index in [-0.39, 0.29) is 11.9 Å². The number of benzene rings is 3. The molecule has 168 valence electrons. The summed E-state index contributed by atoms with van der Waals surface area (Å²) in [7, 11) is 0. The summed E-state index contributed by atoms with van der Waals surface area (Å²) in [6, 6.07) is 23.2. The summed E-state index contributed by atoms with van der Waals surface area (Å²) >= 11 is 0. The largest absolute Gasteiger partial charge is 0.490 e. The summed E-state index contributed by atoms with van der Waals surface area (Å²) in [6.45, 7) is 6.88. The predicted molar refractivity (Wildman–Crippen MR) is 126 cm³/mol. The summed E-state index contributed by atoms with van der Waals surface area (Å²) in [5.74, 6) is 1.25. The van der Waals surface area contributed by atoms with Gasteiger partial charge in [-0.25, -0.2) is 4.39 Å². The lowest BCUT2D eigenvalue weighted by atomic mass is 9.96. The predicted octanol–water partition coefficient (Wildman–Crippen LogP) is 5.19. The molecular formula is C27H31FN2O2. The van der Waals surface area contributed by atoms with Crippen molar-refractivity contribution in [1.29, 1.82) is 0 Å². The molecule has 0 spiro atoms. The zero-order chi connectivity index (χ0) is 22.2. The average molecular weight is 435 g/mol. The minimum atomic E-state index is -0.218. The van der Waals surface area contributed by atoms with Crippen molar-refractivity contribution in [3.05, 3.63) is 95.3 Å². The van der Waals surface area contributed by atoms with Crippen molar-refractivity contribution >= 4 is 0 Å². The van der Waals surface area contributed by atoms with Gasteiger partial charge in [0.15, 0.2) is 11.5 Å². The van der Waals surface area contributed by atoms with Gasteiger partial charge in [-0.3, -0.25) is 4.90 Å². The number of halogens is 1. The van der Waals surface area contributed by atoms with Gasteiger partial charge in [-0.1, -0.05) is 48.5 Å². The zero-order valence-electron chi connectivity index (χ0n) is 18.6. The number of rotatable bonds is 8. The number of hydrogen-bond acceptors (Lipinski definition) is 4. The molecule has 1 saturated heterocycles. The lowest BCUT2D eigenvalue weighted by molar-refractivity contribution is 0.238. The van der Waals surface area contributed by atoms with Gasteiger partial charge in [0, 0.05) is 19.6 Å². The molecule has 1 atom stereocenters. The highest BCUT2D eigenvalue weighted by Gasteiger charge is 2.24. The Balaban J connectivity index is 1.65. The van der Waals surface area contributed by atoms with Crippen LogP contribution in [0.5, 0.6) is 11.5 Å². The van der Waals surface area contributed by atoms with Gasteiger partial charge in [0.25, 0.3) is 0 Å². The number of nitrogens with one attached hydrogen (secondary N) is 1. The second-order valence-electron chi connectivity index (χ2n) is 8.01. The van der Waals surface area contributed by atoms with E-state index < -0.39 is 0 Å². The molecule has 1 unspecified atom stereocenters. The molecule has 4 rings (SSSR count). The first-order chi connectivity index (χ1) is 15.7. The smallest absolute Gasteiger partial charge is 0.161 e. The van der Waals surface area contributed by atoms with Gasteiger partial charge >= 0.3 is 0 Å². The Morgan fingerprint density at radius 2 is 1.66 bits per heavy atom. The van der Waals surface area contributed by atoms with E-state index in [0.29, 0.717) is 13.2 Å². The van der Waals surface area contributed by atoms with Crippen LogP contribution in [-0.2, 0) is 6.61 Å². The fourth-order valence-corrected chi connectivity index (χ4v) is 4.20. The summed E-state index contributed by atoms with van der Waals surface area (Å²) in [5, 5.41) is 3.47. The van der Waals surface area contributed by atoms with Gasteiger partial charge in [-0.15, -0.1) is 0 Å². The summed E-state index contributed by atoms with van der Waals surface area (Å²) in [4.78, 5) is 2.46. The maximum atomic E-state index is 13.6. The van der Waals surface area contributed by atoms with E-state index in [0.717, 1.165) is 60.8 Å². The molecule has 0 amide bonds. The van der Waals surface area contributed by atoms with E-state index in [1.165, 1.54) is 0 Å². The fraction of sp³-hybridized carbons (Fsp3) is 0.333. The molecule has 0 radical (unpaired) electrons. The third-order valence-corrected chi connectivity index (χ3v) is 5.75. The fourth-order valence-electron chi connectivity index (χ4n) is 4.20. The Hall–Kier alpha value is -2.89. The van der Waals surface area contributed by atoms with E-state index in [9.17, 15) is 4.39 Å². The topological polar surface area (TPSA) is 33.7 Å². The highest BCUT2D eigenvalue weighted by molar-refractivity contribution is 5.46. The maximum absolute atomic E-state index is 13.6. The molecule has 0 aliphatic carbocycles. The Labute approximate surface area is 190 Å². The van der Waals surface area contributed by atoms with Crippen molar-refractivity contribution in [3.8, 4) is 11.5 Å². The molecule has 3 aromatic carbocycles. The van der Waals surface area contributed by atoms with Crippen LogP contribution >= 0.6 is 0 Å². The second kappa shape index (κ2) is 11.1. The number of ether oxygens (including phenoxy) is 2. The van der Waals surface area contributed by atoms with E-state index in [1.54, 1.807) is 12.1 Å². The van der Waals surface area contributed by atoms with Crippen LogP contribution < -0.4 is 14.8 Å². The molecule has 0 saturated carbocycles. The molecule has 0 bridgehead atoms. The van der Waals surface area contributed by atoms with Crippen molar-refractivity contribution in [2.45, 2.75) is 26.0 Å². The maximum Gasteiger partial charge on any atom is 0.161 e. The molecular weight excluding hydrogens is 403 g/mol. The van der Waals surface area contributed by atoms with Crippen LogP contribution in [0.25, 0.3) is 0 Å². The van der Waals surface area contributed by atoms with Crippen LogP contribution in [0.2, 0.25) is 0 Å². The lowest BCUT2D eigenvalue weighted by Crippen LogP contribution is -2.33. The van der Waals surface area contributed by atoms with E-state index in [2.05, 4.69) is 22.3 Å². The zero-order valence-corrected chi connectivity index (χ0v) is 18.6. The molecule has 4 nitrogen and oxygen atoms in total. The van der Waals surface area contributed by atoms with Crippen LogP contribution in [0, 0.1) is 5.82 Å². The highest BCUT2D eigenvalue weighted by Crippen LogP contribution is 2.36. The minimum Gasteiger partial charge on any atom is -0.490 e. The molecule has 1 aliphatic rings. The van der Waals surface area contributed by atoms with Crippen LogP contribution in [0.15, 0.2) is 72.8 Å². The standard InChI is InChI=1S/C27H31FN2O2/c1-2-31-26-19-23(11-14-25(26)32-20-21-7-4-3-5-8-21)27(22-9-12-24(28)13-10-22)30-17-6-15-29-16-18-30/h3-5,7-14,19,27,29H,2,6,15-18,20H2,1H3. The first-order valence-electron chi connectivity index (χ1n) is 11.4. The Kier molecular flexibility index (Phi) is 7.75. The first kappa shape index (κ1) is 22.3. The summed E-state index contributed by atoms with van der Waals surface area (Å²) in [6.07, 6.45) is 1.08. The molecule has 3 aromatic rings. The first-order valence-corrected chi connectivity index (χ1v) is 11.4. The molecule has 1 heterocycles. The normalized spacial score (nSPS) is 15.7. The van der Waals surface area contributed by atoms with Crippen molar-refractivity contribution in [1.82, 2.24) is 10.2 Å². The highest BCUT2D eigenvalue weighted by atomic mass is 19.1. The number of hydrogen-bond donors (Lipinski definition) is 1. The van der Waals surface area contributed by atoms with E-state index in [1.807, 2.05) is 55.5 Å². The summed E-state index contributed by atoms with van der Waals surface area (Å²) in [5.41, 5.74) is 3.31. The minimum absolute atomic E-state index is 0.0258. The Morgan fingerprint density at radius 3 is 2.44 bits per heavy atom. The van der Waals surface area contributed by atoms with Gasteiger partial charge in [0.2, 0.25) is 0 Å². The van der Waals surface area contributed by atoms with Gasteiger partial charge < -0.3 is 14.8 Å². The van der Waals surface area contributed by atoms with Crippen LogP contribution in [0.1, 0.15) is 36.1 Å². The van der Waals surface area contributed by atoms with Gasteiger partial charge in [0.05, 0.1) is 12.6 Å². The molecule has 5 heteroatoms. The van der Waals surface area contributed by atoms with Crippen LogP contribution in [-0.4, -0.2) is 37.7 Å². The third kappa shape index (κ3) is 5.67. The van der Waals surface area contributed by atoms with Crippen molar-refractivity contribution in [2.24, 2.45) is 0 Å². The van der Waals surface area contributed by atoms with E-state index in [4.69, 9.17) is 9.47 Å². The van der Waals surface area contributed by atoms with Gasteiger partial charge in [-0.05, 0) is 60.8 Å².